The van der Waals surface area contributed by atoms with Crippen molar-refractivity contribution in [3.8, 4) is 5.75 Å². The van der Waals surface area contributed by atoms with E-state index in [1.54, 1.807) is 26.0 Å². The second-order valence-electron chi connectivity index (χ2n) is 3.17. The Balaban J connectivity index is 0.000000770. The van der Waals surface area contributed by atoms with Crippen molar-refractivity contribution in [1.29, 1.82) is 0 Å². The summed E-state index contributed by atoms with van der Waals surface area (Å²) in [4.78, 5) is 0. The molecule has 1 rings (SSSR count). The molecule has 6 heteroatoms. The van der Waals surface area contributed by atoms with Crippen LogP contribution >= 0.6 is 15.9 Å². The highest BCUT2D eigenvalue weighted by Gasteiger charge is 2.08. The number of nitrogens with zero attached hydrogens (tertiary/aromatic N) is 1. The van der Waals surface area contributed by atoms with Gasteiger partial charge < -0.3 is 21.2 Å². The SMILES string of the molecule is CC(=NO)c1cc(Br)c(O)c(CN)c1.CCO. The summed E-state index contributed by atoms with van der Waals surface area (Å²) in [6, 6.07) is 3.36. The van der Waals surface area contributed by atoms with Crippen LogP contribution < -0.4 is 5.73 Å². The summed E-state index contributed by atoms with van der Waals surface area (Å²) in [6.45, 7) is 3.83. The first kappa shape index (κ1) is 15.9. The van der Waals surface area contributed by atoms with Gasteiger partial charge in [-0.15, -0.1) is 0 Å². The summed E-state index contributed by atoms with van der Waals surface area (Å²) in [5.74, 6) is 0.127. The zero-order valence-electron chi connectivity index (χ0n) is 9.81. The number of phenols is 1. The summed E-state index contributed by atoms with van der Waals surface area (Å²) in [7, 11) is 0. The lowest BCUT2D eigenvalue weighted by Gasteiger charge is -2.07. The Kier molecular flexibility index (Phi) is 7.53. The number of benzene rings is 1. The van der Waals surface area contributed by atoms with Gasteiger partial charge >= 0.3 is 0 Å². The van der Waals surface area contributed by atoms with Crippen molar-refractivity contribution >= 4 is 21.6 Å². The molecular formula is C11H17BrN2O3. The molecule has 1 aromatic carbocycles. The van der Waals surface area contributed by atoms with E-state index in [0.29, 0.717) is 15.7 Å². The maximum atomic E-state index is 9.55. The topological polar surface area (TPSA) is 99.1 Å². The van der Waals surface area contributed by atoms with Crippen LogP contribution in [0, 0.1) is 0 Å². The third-order valence-corrected chi connectivity index (χ3v) is 2.53. The van der Waals surface area contributed by atoms with E-state index in [-0.39, 0.29) is 18.9 Å². The van der Waals surface area contributed by atoms with Gasteiger partial charge in [0.2, 0.25) is 0 Å². The molecule has 1 aromatic rings. The van der Waals surface area contributed by atoms with E-state index in [9.17, 15) is 5.11 Å². The van der Waals surface area contributed by atoms with Gasteiger partial charge in [-0.05, 0) is 41.9 Å². The van der Waals surface area contributed by atoms with E-state index >= 15 is 0 Å². The van der Waals surface area contributed by atoms with Crippen molar-refractivity contribution in [2.45, 2.75) is 20.4 Å². The third-order valence-electron chi connectivity index (χ3n) is 1.93. The predicted octanol–water partition coefficient (Wildman–Crippen LogP) is 1.81. The second kappa shape index (κ2) is 8.05. The van der Waals surface area contributed by atoms with Gasteiger partial charge in [0.25, 0.3) is 0 Å². The van der Waals surface area contributed by atoms with E-state index in [1.807, 2.05) is 0 Å². The van der Waals surface area contributed by atoms with Crippen LogP contribution in [0.4, 0.5) is 0 Å². The maximum Gasteiger partial charge on any atom is 0.134 e. The number of oxime groups is 1. The standard InChI is InChI=1S/C9H11BrN2O2.C2H6O/c1-5(12-14)6-2-7(4-11)9(13)8(10)3-6;1-2-3/h2-3,13-14H,4,11H2,1H3;3H,2H2,1H3. The van der Waals surface area contributed by atoms with E-state index in [4.69, 9.17) is 16.0 Å². The van der Waals surface area contributed by atoms with Crippen LogP contribution in [0.5, 0.6) is 5.75 Å². The van der Waals surface area contributed by atoms with Crippen LogP contribution in [0.25, 0.3) is 0 Å². The smallest absolute Gasteiger partial charge is 0.134 e. The molecule has 0 spiro atoms. The highest BCUT2D eigenvalue weighted by atomic mass is 79.9. The normalized spacial score (nSPS) is 10.8. The Labute approximate surface area is 109 Å². The van der Waals surface area contributed by atoms with Crippen molar-refractivity contribution in [3.63, 3.8) is 0 Å². The van der Waals surface area contributed by atoms with Crippen LogP contribution in [-0.4, -0.2) is 27.7 Å². The number of hydrogen-bond donors (Lipinski definition) is 4. The van der Waals surface area contributed by atoms with Gasteiger partial charge in [0.15, 0.2) is 0 Å². The molecule has 0 unspecified atom stereocenters. The average molecular weight is 305 g/mol. The first-order valence-corrected chi connectivity index (χ1v) is 5.82. The van der Waals surface area contributed by atoms with Crippen molar-refractivity contribution in [3.05, 3.63) is 27.7 Å². The van der Waals surface area contributed by atoms with Crippen LogP contribution in [0.15, 0.2) is 21.8 Å². The Morgan fingerprint density at radius 1 is 1.47 bits per heavy atom. The molecule has 0 saturated heterocycles. The number of phenolic OH excluding ortho intramolecular Hbond substituents is 1. The van der Waals surface area contributed by atoms with Crippen molar-refractivity contribution in [1.82, 2.24) is 0 Å². The van der Waals surface area contributed by atoms with Gasteiger partial charge in [-0.25, -0.2) is 0 Å². The molecule has 0 aliphatic rings. The number of rotatable bonds is 2. The van der Waals surface area contributed by atoms with E-state index in [1.165, 1.54) is 0 Å². The molecule has 0 aromatic heterocycles. The molecule has 0 bridgehead atoms. The van der Waals surface area contributed by atoms with Gasteiger partial charge in [-0.3, -0.25) is 0 Å². The molecule has 0 aliphatic heterocycles. The number of nitrogens with two attached hydrogens (primary N) is 1. The van der Waals surface area contributed by atoms with Gasteiger partial charge in [0.1, 0.15) is 5.75 Å². The lowest BCUT2D eigenvalue weighted by Crippen LogP contribution is -2.01. The van der Waals surface area contributed by atoms with Crippen molar-refractivity contribution in [2.24, 2.45) is 10.9 Å². The van der Waals surface area contributed by atoms with Gasteiger partial charge in [0, 0.05) is 24.3 Å². The molecular weight excluding hydrogens is 288 g/mol. The summed E-state index contributed by atoms with van der Waals surface area (Å²) in [6.07, 6.45) is 0. The van der Waals surface area contributed by atoms with E-state index < -0.39 is 0 Å². The fraction of sp³-hybridized carbons (Fsp3) is 0.364. The lowest BCUT2D eigenvalue weighted by atomic mass is 10.1. The summed E-state index contributed by atoms with van der Waals surface area (Å²) >= 11 is 3.19. The molecule has 0 saturated carbocycles. The molecule has 0 atom stereocenters. The van der Waals surface area contributed by atoms with Crippen molar-refractivity contribution in [2.75, 3.05) is 6.61 Å². The van der Waals surface area contributed by atoms with Crippen LogP contribution in [0.1, 0.15) is 25.0 Å². The fourth-order valence-corrected chi connectivity index (χ4v) is 1.58. The zero-order chi connectivity index (χ0) is 13.4. The summed E-state index contributed by atoms with van der Waals surface area (Å²) in [5, 5.41) is 28.8. The Hall–Kier alpha value is -1.11. The second-order valence-corrected chi connectivity index (χ2v) is 4.03. The largest absolute Gasteiger partial charge is 0.506 e. The molecule has 17 heavy (non-hydrogen) atoms. The molecule has 96 valence electrons. The zero-order valence-corrected chi connectivity index (χ0v) is 11.4. The molecule has 5 nitrogen and oxygen atoms in total. The van der Waals surface area contributed by atoms with E-state index in [2.05, 4.69) is 21.1 Å². The molecule has 0 heterocycles. The van der Waals surface area contributed by atoms with Gasteiger partial charge in [0.05, 0.1) is 10.2 Å². The Bertz CT molecular complexity index is 395. The number of aliphatic hydroxyl groups is 1. The first-order valence-electron chi connectivity index (χ1n) is 5.03. The monoisotopic (exact) mass is 304 g/mol. The van der Waals surface area contributed by atoms with Crippen LogP contribution in [0.2, 0.25) is 0 Å². The number of aromatic hydroxyl groups is 1. The number of halogens is 1. The average Bonchev–Trinajstić information content (AvgIpc) is 2.32. The number of hydrogen-bond acceptors (Lipinski definition) is 5. The highest BCUT2D eigenvalue weighted by Crippen LogP contribution is 2.29. The predicted molar refractivity (Wildman–Crippen MR) is 70.5 cm³/mol. The quantitative estimate of drug-likeness (QED) is 0.380. The van der Waals surface area contributed by atoms with Crippen LogP contribution in [0.3, 0.4) is 0 Å². The summed E-state index contributed by atoms with van der Waals surface area (Å²) < 4.78 is 0.540. The van der Waals surface area contributed by atoms with Gasteiger partial charge in [-0.2, -0.15) is 0 Å². The first-order chi connectivity index (χ1) is 8.01. The molecule has 0 aliphatic carbocycles. The third kappa shape index (κ3) is 4.72. The lowest BCUT2D eigenvalue weighted by molar-refractivity contribution is 0.318. The Morgan fingerprint density at radius 2 is 2.00 bits per heavy atom. The van der Waals surface area contributed by atoms with Crippen molar-refractivity contribution < 1.29 is 15.4 Å². The minimum Gasteiger partial charge on any atom is -0.506 e. The molecule has 0 fully saturated rings. The molecule has 5 N–H and O–H groups in total. The Morgan fingerprint density at radius 3 is 2.41 bits per heavy atom. The molecule has 0 amide bonds. The fourth-order valence-electron chi connectivity index (χ4n) is 1.08. The number of aliphatic hydroxyl groups excluding tert-OH is 1. The molecule has 0 radical (unpaired) electrons. The minimum atomic E-state index is 0.127. The maximum absolute atomic E-state index is 9.55. The highest BCUT2D eigenvalue weighted by molar-refractivity contribution is 9.10. The summed E-state index contributed by atoms with van der Waals surface area (Å²) in [5.41, 5.74) is 7.25. The van der Waals surface area contributed by atoms with Crippen LogP contribution in [-0.2, 0) is 6.54 Å². The van der Waals surface area contributed by atoms with Gasteiger partial charge in [-0.1, -0.05) is 5.16 Å². The minimum absolute atomic E-state index is 0.127. The van der Waals surface area contributed by atoms with E-state index in [0.717, 1.165) is 5.56 Å².